The van der Waals surface area contributed by atoms with Crippen LogP contribution in [0.25, 0.3) is 0 Å². The van der Waals surface area contributed by atoms with E-state index in [4.69, 9.17) is 9.47 Å². The van der Waals surface area contributed by atoms with Crippen molar-refractivity contribution in [1.82, 2.24) is 0 Å². The molecular weight excluding hydrogens is 585 g/mol. The zero-order chi connectivity index (χ0) is 30.2. The molecule has 0 N–H and O–H groups in total. The van der Waals surface area contributed by atoms with Crippen molar-refractivity contribution in [3.63, 3.8) is 0 Å². The van der Waals surface area contributed by atoms with Crippen LogP contribution < -0.4 is 0 Å². The summed E-state index contributed by atoms with van der Waals surface area (Å²) in [5, 5.41) is 0. The Morgan fingerprint density at radius 1 is 0.390 bits per heavy atom. The van der Waals surface area contributed by atoms with Gasteiger partial charge in [0.1, 0.15) is 0 Å². The summed E-state index contributed by atoms with van der Waals surface area (Å²) >= 11 is 0. The summed E-state index contributed by atoms with van der Waals surface area (Å²) in [6.45, 7) is 7.47. The zero-order valence-corrected chi connectivity index (χ0v) is 29.0. The molecule has 0 fully saturated rings. The Balaban J connectivity index is -0.000000688. The first-order valence-corrected chi connectivity index (χ1v) is 18.1. The van der Waals surface area contributed by atoms with E-state index in [1.54, 1.807) is 0 Å². The second kappa shape index (κ2) is 34.9. The summed E-state index contributed by atoms with van der Waals surface area (Å²) in [6.07, 6.45) is 22.5. The van der Waals surface area contributed by atoms with Crippen molar-refractivity contribution in [3.05, 3.63) is 0 Å². The standard InChI is InChI=1S/2C14H30O5S.Mg/c2*1-2-18-13-11-9-7-5-3-4-6-8-10-12-14-19-20(15,16)17;/h2*2-14H2,1H3,(H,15,16,17);/q;;+2/p-2. The summed E-state index contributed by atoms with van der Waals surface area (Å²) in [7, 11) is -9.00. The molecule has 244 valence electrons. The quantitative estimate of drug-likeness (QED) is 0.0371. The predicted octanol–water partition coefficient (Wildman–Crippen LogP) is 6.42. The van der Waals surface area contributed by atoms with Gasteiger partial charge in [-0.2, -0.15) is 0 Å². The maximum Gasteiger partial charge on any atom is 2.00 e. The van der Waals surface area contributed by atoms with Crippen LogP contribution in [0.5, 0.6) is 0 Å². The molecule has 0 saturated carbocycles. The van der Waals surface area contributed by atoms with Crippen molar-refractivity contribution in [1.29, 1.82) is 0 Å². The van der Waals surface area contributed by atoms with Gasteiger partial charge in [0, 0.05) is 26.4 Å². The Bertz CT molecular complexity index is 647. The molecule has 0 spiro atoms. The van der Waals surface area contributed by atoms with Gasteiger partial charge >= 0.3 is 23.1 Å². The van der Waals surface area contributed by atoms with Crippen molar-refractivity contribution >= 4 is 43.9 Å². The van der Waals surface area contributed by atoms with Gasteiger partial charge in [-0.25, -0.2) is 16.8 Å². The molecule has 0 aromatic rings. The molecule has 0 unspecified atom stereocenters. The molecule has 0 saturated heterocycles. The third-order valence-corrected chi connectivity index (χ3v) is 7.14. The van der Waals surface area contributed by atoms with E-state index in [-0.39, 0.29) is 36.3 Å². The van der Waals surface area contributed by atoms with Crippen LogP contribution in [-0.4, -0.2) is 88.6 Å². The minimum absolute atomic E-state index is 0. The number of hydrogen-bond acceptors (Lipinski definition) is 10. The van der Waals surface area contributed by atoms with Crippen molar-refractivity contribution in [2.45, 2.75) is 142 Å². The summed E-state index contributed by atoms with van der Waals surface area (Å²) in [6, 6.07) is 0. The van der Waals surface area contributed by atoms with E-state index < -0.39 is 20.8 Å². The SMILES string of the molecule is CCOCCCCCCCCCCCCOS(=O)(=O)[O-].CCOCCCCCCCCCCCCOS(=O)(=O)[O-].[Mg+2]. The van der Waals surface area contributed by atoms with E-state index in [0.717, 1.165) is 65.0 Å². The molecule has 0 heterocycles. The Hall–Kier alpha value is 0.426. The Morgan fingerprint density at radius 3 is 0.780 bits per heavy atom. The van der Waals surface area contributed by atoms with Crippen LogP contribution in [0.15, 0.2) is 0 Å². The van der Waals surface area contributed by atoms with E-state index >= 15 is 0 Å². The van der Waals surface area contributed by atoms with E-state index in [2.05, 4.69) is 8.37 Å². The van der Waals surface area contributed by atoms with Gasteiger partial charge in [-0.3, -0.25) is 8.37 Å². The smallest absolute Gasteiger partial charge is 0.726 e. The molecule has 0 aliphatic heterocycles. The predicted molar refractivity (Wildman–Crippen MR) is 162 cm³/mol. The second-order valence-corrected chi connectivity index (χ2v) is 12.0. The van der Waals surface area contributed by atoms with Gasteiger partial charge in [0.15, 0.2) is 0 Å². The van der Waals surface area contributed by atoms with Gasteiger partial charge in [-0.1, -0.05) is 103 Å². The minimum atomic E-state index is -4.50. The molecule has 0 aliphatic carbocycles. The average Bonchev–Trinajstić information content (AvgIpc) is 2.88. The van der Waals surface area contributed by atoms with E-state index in [1.165, 1.54) is 77.0 Å². The van der Waals surface area contributed by atoms with Crippen molar-refractivity contribution < 1.29 is 43.8 Å². The van der Waals surface area contributed by atoms with E-state index in [1.807, 2.05) is 13.8 Å². The molecule has 10 nitrogen and oxygen atoms in total. The fraction of sp³-hybridized carbons (Fsp3) is 1.00. The molecule has 0 aromatic carbocycles. The van der Waals surface area contributed by atoms with Gasteiger partial charge < -0.3 is 18.6 Å². The number of hydrogen-bond donors (Lipinski definition) is 0. The minimum Gasteiger partial charge on any atom is -0.726 e. The van der Waals surface area contributed by atoms with Gasteiger partial charge in [-0.05, 0) is 39.5 Å². The fourth-order valence-corrected chi connectivity index (χ4v) is 4.70. The van der Waals surface area contributed by atoms with Gasteiger partial charge in [0.25, 0.3) is 0 Å². The first-order valence-electron chi connectivity index (χ1n) is 15.5. The molecule has 0 rings (SSSR count). The summed E-state index contributed by atoms with van der Waals surface area (Å²) in [4.78, 5) is 0. The normalized spacial score (nSPS) is 11.6. The summed E-state index contributed by atoms with van der Waals surface area (Å²) in [5.41, 5.74) is 0. The zero-order valence-electron chi connectivity index (χ0n) is 26.0. The number of ether oxygens (including phenoxy) is 2. The van der Waals surface area contributed by atoms with Gasteiger partial charge in [-0.15, -0.1) is 0 Å². The second-order valence-electron chi connectivity index (χ2n) is 9.93. The van der Waals surface area contributed by atoms with Crippen molar-refractivity contribution in [2.75, 3.05) is 39.6 Å². The number of rotatable bonds is 30. The third-order valence-electron chi connectivity index (χ3n) is 6.23. The van der Waals surface area contributed by atoms with E-state index in [0.29, 0.717) is 12.8 Å². The molecule has 0 bridgehead atoms. The molecule has 0 amide bonds. The average molecular weight is 643 g/mol. The molecule has 41 heavy (non-hydrogen) atoms. The molecule has 13 heteroatoms. The maximum absolute atomic E-state index is 10.2. The topological polar surface area (TPSA) is 151 Å². The van der Waals surface area contributed by atoms with Crippen LogP contribution in [0, 0.1) is 0 Å². The molecule has 0 radical (unpaired) electrons. The Morgan fingerprint density at radius 2 is 0.585 bits per heavy atom. The summed E-state index contributed by atoms with van der Waals surface area (Å²) in [5.74, 6) is 0. The van der Waals surface area contributed by atoms with Crippen LogP contribution in [0.1, 0.15) is 142 Å². The van der Waals surface area contributed by atoms with Gasteiger partial charge in [0.05, 0.1) is 13.2 Å². The molecular formula is C28H58MgO10S2. The monoisotopic (exact) mass is 642 g/mol. The van der Waals surface area contributed by atoms with Crippen LogP contribution in [0.2, 0.25) is 0 Å². The molecule has 0 aromatic heterocycles. The first kappa shape index (κ1) is 45.9. The summed E-state index contributed by atoms with van der Waals surface area (Å²) < 4.78 is 79.8. The largest absolute Gasteiger partial charge is 2.00 e. The third kappa shape index (κ3) is 50.4. The fourth-order valence-electron chi connectivity index (χ4n) is 4.05. The van der Waals surface area contributed by atoms with Crippen LogP contribution in [0.3, 0.4) is 0 Å². The van der Waals surface area contributed by atoms with Crippen molar-refractivity contribution in [3.8, 4) is 0 Å². The molecule has 0 aliphatic rings. The van der Waals surface area contributed by atoms with Crippen LogP contribution in [-0.2, 0) is 38.6 Å². The van der Waals surface area contributed by atoms with Crippen LogP contribution in [0.4, 0.5) is 0 Å². The van der Waals surface area contributed by atoms with Crippen molar-refractivity contribution in [2.24, 2.45) is 0 Å². The molecule has 0 atom stereocenters. The first-order chi connectivity index (χ1) is 19.1. The van der Waals surface area contributed by atoms with Crippen LogP contribution >= 0.6 is 0 Å². The maximum atomic E-state index is 10.2. The number of unbranched alkanes of at least 4 members (excludes halogenated alkanes) is 18. The Kier molecular flexibility index (Phi) is 39.0. The van der Waals surface area contributed by atoms with E-state index in [9.17, 15) is 25.9 Å². The Labute approximate surface area is 268 Å². The van der Waals surface area contributed by atoms with Gasteiger partial charge in [0.2, 0.25) is 20.8 Å².